The van der Waals surface area contributed by atoms with Gasteiger partial charge in [-0.15, -0.1) is 0 Å². The summed E-state index contributed by atoms with van der Waals surface area (Å²) in [5.41, 5.74) is 0.409. The van der Waals surface area contributed by atoms with Crippen LogP contribution in [0.25, 0.3) is 11.4 Å². The standard InChI is InChI=1S/C10H10ClN3O2S/c1-7-12-10(13-14(7)2)8-5-3-4-6-9(8)17(11,15)16/h3-6H,1-2H3. The Morgan fingerprint density at radius 1 is 1.29 bits per heavy atom. The van der Waals surface area contributed by atoms with Gasteiger partial charge in [-0.05, 0) is 19.1 Å². The molecule has 17 heavy (non-hydrogen) atoms. The van der Waals surface area contributed by atoms with E-state index in [4.69, 9.17) is 10.7 Å². The van der Waals surface area contributed by atoms with Gasteiger partial charge in [-0.2, -0.15) is 5.10 Å². The van der Waals surface area contributed by atoms with Gasteiger partial charge in [-0.25, -0.2) is 13.4 Å². The SMILES string of the molecule is Cc1nc(-c2ccccc2S(=O)(=O)Cl)nn1C. The van der Waals surface area contributed by atoms with Crippen molar-refractivity contribution in [3.05, 3.63) is 30.1 Å². The first-order valence-electron chi connectivity index (χ1n) is 4.81. The van der Waals surface area contributed by atoms with Gasteiger partial charge in [-0.1, -0.05) is 12.1 Å². The highest BCUT2D eigenvalue weighted by atomic mass is 35.7. The van der Waals surface area contributed by atoms with Crippen LogP contribution in [-0.2, 0) is 16.1 Å². The minimum absolute atomic E-state index is 0.0206. The van der Waals surface area contributed by atoms with Crippen LogP contribution in [0.1, 0.15) is 5.82 Å². The molecule has 0 amide bonds. The van der Waals surface area contributed by atoms with E-state index in [2.05, 4.69) is 10.1 Å². The van der Waals surface area contributed by atoms with Gasteiger partial charge in [0.25, 0.3) is 9.05 Å². The molecule has 0 aliphatic carbocycles. The Kier molecular flexibility index (Phi) is 2.92. The van der Waals surface area contributed by atoms with Crippen LogP contribution in [0.5, 0.6) is 0 Å². The van der Waals surface area contributed by atoms with E-state index in [1.807, 2.05) is 0 Å². The van der Waals surface area contributed by atoms with Crippen molar-refractivity contribution in [2.75, 3.05) is 0 Å². The monoisotopic (exact) mass is 271 g/mol. The number of hydrogen-bond donors (Lipinski definition) is 0. The molecule has 0 aliphatic heterocycles. The second-order valence-corrected chi connectivity index (χ2v) is 6.07. The molecule has 5 nitrogen and oxygen atoms in total. The van der Waals surface area contributed by atoms with Crippen LogP contribution in [-0.4, -0.2) is 23.2 Å². The van der Waals surface area contributed by atoms with Crippen LogP contribution in [0.2, 0.25) is 0 Å². The van der Waals surface area contributed by atoms with E-state index in [9.17, 15) is 8.42 Å². The van der Waals surface area contributed by atoms with Gasteiger partial charge in [0.15, 0.2) is 5.82 Å². The van der Waals surface area contributed by atoms with Gasteiger partial charge in [0, 0.05) is 23.3 Å². The molecule has 0 saturated carbocycles. The molecule has 7 heteroatoms. The molecule has 1 aromatic heterocycles. The van der Waals surface area contributed by atoms with Gasteiger partial charge < -0.3 is 0 Å². The second kappa shape index (κ2) is 4.12. The number of halogens is 1. The van der Waals surface area contributed by atoms with Crippen LogP contribution >= 0.6 is 10.7 Å². The Balaban J connectivity index is 2.68. The average molecular weight is 272 g/mol. The summed E-state index contributed by atoms with van der Waals surface area (Å²) in [6.45, 7) is 1.79. The lowest BCUT2D eigenvalue weighted by molar-refractivity contribution is 0.609. The normalized spacial score (nSPS) is 11.7. The van der Waals surface area contributed by atoms with E-state index in [0.29, 0.717) is 17.2 Å². The average Bonchev–Trinajstić information content (AvgIpc) is 2.58. The smallest absolute Gasteiger partial charge is 0.253 e. The molecule has 2 rings (SSSR count). The number of aryl methyl sites for hydroxylation is 2. The summed E-state index contributed by atoms with van der Waals surface area (Å²) in [5, 5.41) is 4.14. The molecular formula is C10H10ClN3O2S. The summed E-state index contributed by atoms with van der Waals surface area (Å²) < 4.78 is 24.4. The van der Waals surface area contributed by atoms with Crippen molar-refractivity contribution in [1.82, 2.24) is 14.8 Å². The summed E-state index contributed by atoms with van der Waals surface area (Å²) in [7, 11) is 3.31. The number of hydrogen-bond acceptors (Lipinski definition) is 4. The molecule has 1 aromatic carbocycles. The number of benzene rings is 1. The molecule has 90 valence electrons. The largest absolute Gasteiger partial charge is 0.262 e. The number of aromatic nitrogens is 3. The Labute approximate surface area is 103 Å². The molecule has 0 spiro atoms. The summed E-state index contributed by atoms with van der Waals surface area (Å²) in [6.07, 6.45) is 0. The molecule has 0 fully saturated rings. The highest BCUT2D eigenvalue weighted by molar-refractivity contribution is 8.13. The zero-order chi connectivity index (χ0) is 12.6. The first-order valence-corrected chi connectivity index (χ1v) is 7.12. The quantitative estimate of drug-likeness (QED) is 0.780. The maximum atomic E-state index is 11.4. The Hall–Kier alpha value is -1.40. The molecule has 0 atom stereocenters. The maximum Gasteiger partial charge on any atom is 0.262 e. The molecule has 2 aromatic rings. The summed E-state index contributed by atoms with van der Waals surface area (Å²) in [4.78, 5) is 4.20. The predicted octanol–water partition coefficient (Wildman–Crippen LogP) is 1.72. The Morgan fingerprint density at radius 3 is 2.47 bits per heavy atom. The molecule has 0 bridgehead atoms. The molecule has 0 unspecified atom stereocenters. The van der Waals surface area contributed by atoms with Crippen molar-refractivity contribution in [2.24, 2.45) is 7.05 Å². The minimum Gasteiger partial charge on any atom is -0.253 e. The van der Waals surface area contributed by atoms with Gasteiger partial charge in [0.05, 0.1) is 4.90 Å². The lowest BCUT2D eigenvalue weighted by Gasteiger charge is -2.01. The van der Waals surface area contributed by atoms with Crippen LogP contribution in [0, 0.1) is 6.92 Å². The predicted molar refractivity (Wildman–Crippen MR) is 64.2 cm³/mol. The summed E-state index contributed by atoms with van der Waals surface area (Å²) in [5.74, 6) is 1.05. The third-order valence-electron chi connectivity index (χ3n) is 2.37. The Bertz CT molecular complexity index is 644. The van der Waals surface area contributed by atoms with Gasteiger partial charge >= 0.3 is 0 Å². The lowest BCUT2D eigenvalue weighted by atomic mass is 10.2. The fraction of sp³-hybridized carbons (Fsp3) is 0.200. The molecule has 0 radical (unpaired) electrons. The van der Waals surface area contributed by atoms with E-state index in [1.165, 1.54) is 6.07 Å². The van der Waals surface area contributed by atoms with Crippen LogP contribution in [0.4, 0.5) is 0 Å². The third kappa shape index (κ3) is 2.32. The van der Waals surface area contributed by atoms with Crippen molar-refractivity contribution in [2.45, 2.75) is 11.8 Å². The van der Waals surface area contributed by atoms with E-state index >= 15 is 0 Å². The van der Waals surface area contributed by atoms with Gasteiger partial charge in [0.2, 0.25) is 0 Å². The molecule has 1 heterocycles. The molecular weight excluding hydrogens is 262 g/mol. The van der Waals surface area contributed by atoms with Crippen LogP contribution < -0.4 is 0 Å². The van der Waals surface area contributed by atoms with E-state index in [-0.39, 0.29) is 4.90 Å². The van der Waals surface area contributed by atoms with Crippen molar-refractivity contribution >= 4 is 19.7 Å². The van der Waals surface area contributed by atoms with E-state index in [0.717, 1.165) is 0 Å². The topological polar surface area (TPSA) is 64.8 Å². The van der Waals surface area contributed by atoms with Crippen molar-refractivity contribution in [1.29, 1.82) is 0 Å². The first-order chi connectivity index (χ1) is 7.89. The fourth-order valence-corrected chi connectivity index (χ4v) is 2.51. The zero-order valence-corrected chi connectivity index (χ0v) is 10.8. The van der Waals surface area contributed by atoms with E-state index in [1.54, 1.807) is 36.9 Å². The first kappa shape index (κ1) is 12.1. The van der Waals surface area contributed by atoms with Crippen LogP contribution in [0.3, 0.4) is 0 Å². The summed E-state index contributed by atoms with van der Waals surface area (Å²) in [6, 6.07) is 6.38. The minimum atomic E-state index is -3.80. The Morgan fingerprint density at radius 2 is 1.94 bits per heavy atom. The second-order valence-electron chi connectivity index (χ2n) is 3.54. The fourth-order valence-electron chi connectivity index (χ4n) is 1.44. The van der Waals surface area contributed by atoms with Crippen molar-refractivity contribution < 1.29 is 8.42 Å². The molecule has 0 saturated heterocycles. The summed E-state index contributed by atoms with van der Waals surface area (Å²) >= 11 is 0. The zero-order valence-electron chi connectivity index (χ0n) is 9.25. The lowest BCUT2D eigenvalue weighted by Crippen LogP contribution is -1.96. The molecule has 0 aliphatic rings. The van der Waals surface area contributed by atoms with Gasteiger partial charge in [0.1, 0.15) is 5.82 Å². The molecule has 0 N–H and O–H groups in total. The van der Waals surface area contributed by atoms with Crippen LogP contribution in [0.15, 0.2) is 29.2 Å². The maximum absolute atomic E-state index is 11.4. The van der Waals surface area contributed by atoms with Gasteiger partial charge in [-0.3, -0.25) is 4.68 Å². The van der Waals surface area contributed by atoms with Crippen molar-refractivity contribution in [3.63, 3.8) is 0 Å². The van der Waals surface area contributed by atoms with Crippen molar-refractivity contribution in [3.8, 4) is 11.4 Å². The van der Waals surface area contributed by atoms with E-state index < -0.39 is 9.05 Å². The highest BCUT2D eigenvalue weighted by Gasteiger charge is 2.19. The highest BCUT2D eigenvalue weighted by Crippen LogP contribution is 2.27. The third-order valence-corrected chi connectivity index (χ3v) is 3.75. The number of nitrogens with zero attached hydrogens (tertiary/aromatic N) is 3. The number of rotatable bonds is 2.